The molecule has 3 nitrogen and oxygen atoms in total. The number of rotatable bonds is 0. The Kier molecular flexibility index (Phi) is 3.39. The Labute approximate surface area is 150 Å². The Bertz CT molecular complexity index is 787. The van der Waals surface area contributed by atoms with E-state index in [9.17, 15) is 4.79 Å². The van der Waals surface area contributed by atoms with Crippen LogP contribution in [0.3, 0.4) is 0 Å². The van der Waals surface area contributed by atoms with Crippen molar-refractivity contribution in [3.8, 4) is 11.5 Å². The van der Waals surface area contributed by atoms with Crippen LogP contribution in [-0.4, -0.2) is 24.4 Å². The van der Waals surface area contributed by atoms with E-state index >= 15 is 0 Å². The third-order valence-corrected chi connectivity index (χ3v) is 5.55. The van der Waals surface area contributed by atoms with Crippen LogP contribution in [0.5, 0.6) is 11.5 Å². The van der Waals surface area contributed by atoms with E-state index in [0.717, 1.165) is 60.1 Å². The number of likely N-dealkylation sites (tertiary alicyclic amines) is 1. The van der Waals surface area contributed by atoms with Gasteiger partial charge in [-0.05, 0) is 0 Å². The van der Waals surface area contributed by atoms with Gasteiger partial charge in [-0.2, -0.15) is 0 Å². The number of carbonyl (C=O) groups excluding carboxylic acids is 1. The number of aryl methyl sites for hydroxylation is 1. The minimum absolute atomic E-state index is 0.115. The molecule has 2 unspecified atom stereocenters. The summed E-state index contributed by atoms with van der Waals surface area (Å²) in [4.78, 5) is 14.6. The average molecular weight is 367 g/mol. The van der Waals surface area contributed by atoms with E-state index in [1.807, 2.05) is 24.1 Å². The summed E-state index contributed by atoms with van der Waals surface area (Å²) in [5.41, 5.74) is 3.42. The Hall–Kier alpha value is -1.19. The summed E-state index contributed by atoms with van der Waals surface area (Å²) in [6, 6.07) is 12.6. The number of hydrogen-bond acceptors (Lipinski definition) is 2. The summed E-state index contributed by atoms with van der Waals surface area (Å²) in [6.45, 7) is 2.84. The summed E-state index contributed by atoms with van der Waals surface area (Å²) in [5.74, 6) is 1.99. The zero-order chi connectivity index (χ0) is 15.4. The van der Waals surface area contributed by atoms with Crippen LogP contribution < -0.4 is 7.11 Å². The van der Waals surface area contributed by atoms with Crippen molar-refractivity contribution < 1.29 is 40.5 Å². The van der Waals surface area contributed by atoms with Gasteiger partial charge >= 0.3 is 151 Å². The third-order valence-electron chi connectivity index (χ3n) is 4.67. The van der Waals surface area contributed by atoms with Gasteiger partial charge in [0, 0.05) is 0 Å². The van der Waals surface area contributed by atoms with E-state index in [1.54, 1.807) is 0 Å². The molecule has 2 aromatic carbocycles. The number of amides is 1. The molecule has 4 rings (SSSR count). The number of carbonyl (C=O) groups is 1. The van der Waals surface area contributed by atoms with Crippen LogP contribution in [0.15, 0.2) is 36.4 Å². The van der Waals surface area contributed by atoms with E-state index in [-0.39, 0.29) is 17.7 Å². The molecule has 2 heterocycles. The summed E-state index contributed by atoms with van der Waals surface area (Å²) in [5, 5.41) is 0. The van der Waals surface area contributed by atoms with Crippen LogP contribution in [0, 0.1) is 6.92 Å². The number of nitrogens with zero attached hydrogens (tertiary/aromatic N) is 1. The maximum absolute atomic E-state index is 12.7. The maximum atomic E-state index is 12.7. The number of fused-ring (bicyclic) bond motifs is 5. The monoisotopic (exact) mass is 367 g/mol. The Morgan fingerprint density at radius 3 is 2.68 bits per heavy atom. The first-order chi connectivity index (χ1) is 10.5. The Balaban J connectivity index is 1.98. The predicted molar refractivity (Wildman–Crippen MR) is 80.4 cm³/mol. The SMILES string of the molecule is Cc1ccc2c(c1)C1CN(C)C(=O)C1c1c[c]([Y])ccc1O2. The number of benzene rings is 2. The van der Waals surface area contributed by atoms with Crippen LogP contribution >= 0.6 is 0 Å². The van der Waals surface area contributed by atoms with Gasteiger partial charge in [-0.25, -0.2) is 0 Å². The van der Waals surface area contributed by atoms with Crippen LogP contribution in [-0.2, 0) is 35.7 Å². The number of likely N-dealkylation sites (N-methyl/N-ethyl adjacent to an activating group) is 1. The number of ether oxygens (including phenoxy) is 1. The fraction of sp³-hybridized carbons (Fsp3) is 0.278. The molecular weight excluding hydrogens is 351 g/mol. The van der Waals surface area contributed by atoms with Gasteiger partial charge in [0.1, 0.15) is 0 Å². The molecule has 0 radical (unpaired) electrons. The van der Waals surface area contributed by atoms with E-state index in [4.69, 9.17) is 4.74 Å². The van der Waals surface area contributed by atoms with Crippen LogP contribution in [0.2, 0.25) is 0 Å². The van der Waals surface area contributed by atoms with E-state index in [0.29, 0.717) is 0 Å². The second-order valence-corrected chi connectivity index (χ2v) is 7.88. The molecule has 1 saturated heterocycles. The first-order valence-corrected chi connectivity index (χ1v) is 8.89. The average Bonchev–Trinajstić information content (AvgIpc) is 2.71. The van der Waals surface area contributed by atoms with E-state index in [1.165, 1.54) is 7.94 Å². The molecule has 0 bridgehead atoms. The Morgan fingerprint density at radius 1 is 1.14 bits per heavy atom. The Morgan fingerprint density at radius 2 is 1.86 bits per heavy atom. The second-order valence-electron chi connectivity index (χ2n) is 6.24. The van der Waals surface area contributed by atoms with Gasteiger partial charge in [0.2, 0.25) is 0 Å². The van der Waals surface area contributed by atoms with Gasteiger partial charge < -0.3 is 0 Å². The molecule has 22 heavy (non-hydrogen) atoms. The molecule has 0 N–H and O–H groups in total. The molecule has 0 spiro atoms. The van der Waals surface area contributed by atoms with Crippen LogP contribution in [0.25, 0.3) is 0 Å². The van der Waals surface area contributed by atoms with Gasteiger partial charge in [0.05, 0.1) is 0 Å². The van der Waals surface area contributed by atoms with E-state index in [2.05, 4.69) is 31.2 Å². The molecule has 2 atom stereocenters. The second kappa shape index (κ2) is 5.17. The molecule has 2 aromatic rings. The zero-order valence-electron chi connectivity index (χ0n) is 12.7. The quantitative estimate of drug-likeness (QED) is 0.717. The first-order valence-electron chi connectivity index (χ1n) is 7.47. The predicted octanol–water partition coefficient (Wildman–Crippen LogP) is 2.61. The van der Waals surface area contributed by atoms with Gasteiger partial charge in [0.15, 0.2) is 0 Å². The van der Waals surface area contributed by atoms with Gasteiger partial charge in [0.25, 0.3) is 0 Å². The van der Waals surface area contributed by atoms with E-state index < -0.39 is 0 Å². The normalized spacial score (nSPS) is 22.4. The molecule has 108 valence electrons. The van der Waals surface area contributed by atoms with Crippen molar-refractivity contribution in [3.05, 3.63) is 53.1 Å². The van der Waals surface area contributed by atoms with Crippen molar-refractivity contribution in [1.29, 1.82) is 0 Å². The van der Waals surface area contributed by atoms with Crippen molar-refractivity contribution in [3.63, 3.8) is 0 Å². The third kappa shape index (κ3) is 2.14. The molecule has 2 aliphatic heterocycles. The fourth-order valence-electron chi connectivity index (χ4n) is 3.60. The summed E-state index contributed by atoms with van der Waals surface area (Å²) >= 11 is 1.05. The van der Waals surface area contributed by atoms with Crippen molar-refractivity contribution in [2.24, 2.45) is 0 Å². The molecule has 0 aliphatic carbocycles. The summed E-state index contributed by atoms with van der Waals surface area (Å²) < 4.78 is 7.46. The van der Waals surface area contributed by atoms with Gasteiger partial charge in [-0.1, -0.05) is 0 Å². The van der Waals surface area contributed by atoms with Crippen molar-refractivity contribution in [2.75, 3.05) is 13.6 Å². The molecule has 2 aliphatic rings. The van der Waals surface area contributed by atoms with Crippen molar-refractivity contribution >= 4 is 8.28 Å². The topological polar surface area (TPSA) is 29.5 Å². The standard InChI is InChI=1S/C18H16NO2.Y/c1-11-7-8-16-13(9-11)14-10-19(2)18(20)17(14)12-5-3-4-6-15(12)21-16;/h4-9,14,17H,10H2,1-2H3;. The van der Waals surface area contributed by atoms with Crippen molar-refractivity contribution in [2.45, 2.75) is 18.8 Å². The van der Waals surface area contributed by atoms with Gasteiger partial charge in [-0.3, -0.25) is 0 Å². The van der Waals surface area contributed by atoms with Crippen LogP contribution in [0.1, 0.15) is 28.5 Å². The first kappa shape index (κ1) is 14.4. The number of hydrogen-bond donors (Lipinski definition) is 0. The minimum atomic E-state index is -0.115. The van der Waals surface area contributed by atoms with Crippen molar-refractivity contribution in [1.82, 2.24) is 4.90 Å². The molecule has 0 aromatic heterocycles. The fourth-order valence-corrected chi connectivity index (χ4v) is 4.28. The summed E-state index contributed by atoms with van der Waals surface area (Å²) in [6.07, 6.45) is 0. The summed E-state index contributed by atoms with van der Waals surface area (Å²) in [7, 11) is 1.90. The van der Waals surface area contributed by atoms with Crippen LogP contribution in [0.4, 0.5) is 0 Å². The molecule has 0 saturated carbocycles. The molecule has 1 amide bonds. The molecular formula is C18H16NO2Y. The molecule has 4 heteroatoms. The zero-order valence-corrected chi connectivity index (χ0v) is 15.5. The van der Waals surface area contributed by atoms with Gasteiger partial charge in [-0.15, -0.1) is 0 Å². The molecule has 1 fully saturated rings.